The second-order valence-electron chi connectivity index (χ2n) is 7.25. The minimum atomic E-state index is -0.422. The minimum absolute atomic E-state index is 0.118. The Bertz CT molecular complexity index is 1270. The molecule has 0 bridgehead atoms. The predicted molar refractivity (Wildman–Crippen MR) is 122 cm³/mol. The highest BCUT2D eigenvalue weighted by atomic mass is 19.1. The van der Waals surface area contributed by atoms with Crippen LogP contribution in [0.25, 0.3) is 11.4 Å². The monoisotopic (exact) mass is 444 g/mol. The second kappa shape index (κ2) is 9.82. The molecule has 166 valence electrons. The zero-order chi connectivity index (χ0) is 23.2. The van der Waals surface area contributed by atoms with Gasteiger partial charge in [-0.05, 0) is 65.7 Å². The number of nitrogens with zero attached hydrogens (tertiary/aromatic N) is 4. The zero-order valence-electron chi connectivity index (χ0n) is 17.8. The van der Waals surface area contributed by atoms with Gasteiger partial charge in [-0.25, -0.2) is 4.39 Å². The van der Waals surface area contributed by atoms with E-state index in [1.165, 1.54) is 34.6 Å². The van der Waals surface area contributed by atoms with Crippen LogP contribution in [0.15, 0.2) is 72.8 Å². The Balaban J connectivity index is 1.45. The molecule has 2 amide bonds. The van der Waals surface area contributed by atoms with Gasteiger partial charge < -0.3 is 10.6 Å². The lowest BCUT2D eigenvalue weighted by Crippen LogP contribution is -2.20. The first-order valence-electron chi connectivity index (χ1n) is 10.3. The first kappa shape index (κ1) is 21.8. The average Bonchev–Trinajstić information content (AvgIpc) is 3.28. The Morgan fingerprint density at radius 1 is 0.939 bits per heavy atom. The van der Waals surface area contributed by atoms with Crippen molar-refractivity contribution in [2.75, 3.05) is 10.6 Å². The molecule has 4 rings (SSSR count). The van der Waals surface area contributed by atoms with Gasteiger partial charge in [-0.2, -0.15) is 4.80 Å². The number of aromatic nitrogens is 4. The molecular formula is C24H21FN6O2. The lowest BCUT2D eigenvalue weighted by Gasteiger charge is -2.08. The van der Waals surface area contributed by atoms with Gasteiger partial charge >= 0.3 is 0 Å². The van der Waals surface area contributed by atoms with Gasteiger partial charge in [0.05, 0.1) is 5.69 Å². The number of amides is 2. The van der Waals surface area contributed by atoms with Crippen molar-refractivity contribution in [3.63, 3.8) is 0 Å². The number of halogens is 1. The molecular weight excluding hydrogens is 423 g/mol. The topological polar surface area (TPSA) is 102 Å². The highest BCUT2D eigenvalue weighted by Gasteiger charge is 2.15. The van der Waals surface area contributed by atoms with Crippen LogP contribution in [0, 0.1) is 5.82 Å². The molecule has 0 atom stereocenters. The van der Waals surface area contributed by atoms with Gasteiger partial charge in [-0.15, -0.1) is 10.2 Å². The van der Waals surface area contributed by atoms with E-state index in [2.05, 4.69) is 33.0 Å². The van der Waals surface area contributed by atoms with Gasteiger partial charge in [-0.3, -0.25) is 9.59 Å². The number of benzene rings is 3. The van der Waals surface area contributed by atoms with Gasteiger partial charge in [0.1, 0.15) is 12.4 Å². The molecule has 0 aliphatic carbocycles. The van der Waals surface area contributed by atoms with Crippen molar-refractivity contribution in [3.8, 4) is 11.4 Å². The number of para-hydroxylation sites is 1. The standard InChI is InChI=1S/C24H21FN6O2/c1-2-16-7-13-19(14-8-16)26-22(32)15-31-29-23(28-30-31)20-5-3-4-6-21(20)27-24(33)17-9-11-18(25)12-10-17/h3-14H,2,15H2,1H3,(H,26,32)(H,27,33). The van der Waals surface area contributed by atoms with E-state index in [1.807, 2.05) is 24.3 Å². The van der Waals surface area contributed by atoms with Gasteiger partial charge in [0.2, 0.25) is 11.7 Å². The molecule has 1 heterocycles. The van der Waals surface area contributed by atoms with Crippen molar-refractivity contribution in [3.05, 3.63) is 89.7 Å². The number of tetrazole rings is 1. The minimum Gasteiger partial charge on any atom is -0.324 e. The van der Waals surface area contributed by atoms with Crippen LogP contribution in [0.5, 0.6) is 0 Å². The maximum absolute atomic E-state index is 13.1. The molecule has 0 aliphatic rings. The summed E-state index contributed by atoms with van der Waals surface area (Å²) in [5.41, 5.74) is 3.18. The predicted octanol–water partition coefficient (Wildman–Crippen LogP) is 3.93. The number of carbonyl (C=O) groups is 2. The van der Waals surface area contributed by atoms with Crippen LogP contribution in [0.3, 0.4) is 0 Å². The van der Waals surface area contributed by atoms with E-state index in [1.54, 1.807) is 24.3 Å². The molecule has 0 saturated carbocycles. The van der Waals surface area contributed by atoms with E-state index in [0.29, 0.717) is 22.5 Å². The fraction of sp³-hybridized carbons (Fsp3) is 0.125. The first-order valence-corrected chi connectivity index (χ1v) is 10.3. The van der Waals surface area contributed by atoms with Gasteiger partial charge in [0, 0.05) is 16.8 Å². The average molecular weight is 444 g/mol. The highest BCUT2D eigenvalue weighted by molar-refractivity contribution is 6.06. The summed E-state index contributed by atoms with van der Waals surface area (Å²) in [7, 11) is 0. The summed E-state index contributed by atoms with van der Waals surface area (Å²) in [6.45, 7) is 1.95. The fourth-order valence-corrected chi connectivity index (χ4v) is 3.15. The van der Waals surface area contributed by atoms with Crippen LogP contribution in [-0.2, 0) is 17.8 Å². The van der Waals surface area contributed by atoms with Crippen molar-refractivity contribution >= 4 is 23.2 Å². The molecule has 9 heteroatoms. The molecule has 4 aromatic rings. The Morgan fingerprint density at radius 3 is 2.39 bits per heavy atom. The van der Waals surface area contributed by atoms with Crippen molar-refractivity contribution < 1.29 is 14.0 Å². The first-order chi connectivity index (χ1) is 16.0. The lowest BCUT2D eigenvalue weighted by atomic mass is 10.1. The summed E-state index contributed by atoms with van der Waals surface area (Å²) in [6, 6.07) is 19.8. The highest BCUT2D eigenvalue weighted by Crippen LogP contribution is 2.25. The van der Waals surface area contributed by atoms with Crippen LogP contribution in [-0.4, -0.2) is 32.0 Å². The Hall–Kier alpha value is -4.40. The summed E-state index contributed by atoms with van der Waals surface area (Å²) in [6.07, 6.45) is 0.922. The Kier molecular flexibility index (Phi) is 6.49. The maximum atomic E-state index is 13.1. The Morgan fingerprint density at radius 2 is 1.67 bits per heavy atom. The lowest BCUT2D eigenvalue weighted by molar-refractivity contribution is -0.117. The summed E-state index contributed by atoms with van der Waals surface area (Å²) in [5.74, 6) is -0.857. The van der Waals surface area contributed by atoms with Gasteiger partial charge in [-0.1, -0.05) is 31.2 Å². The van der Waals surface area contributed by atoms with Crippen LogP contribution >= 0.6 is 0 Å². The summed E-state index contributed by atoms with van der Waals surface area (Å²) in [5, 5.41) is 17.8. The molecule has 1 aromatic heterocycles. The van der Waals surface area contributed by atoms with Crippen molar-refractivity contribution in [1.29, 1.82) is 0 Å². The molecule has 3 aromatic carbocycles. The number of rotatable bonds is 7. The summed E-state index contributed by atoms with van der Waals surface area (Å²) < 4.78 is 13.1. The number of nitrogens with one attached hydrogen (secondary N) is 2. The van der Waals surface area contributed by atoms with Crippen molar-refractivity contribution in [1.82, 2.24) is 20.2 Å². The molecule has 0 spiro atoms. The van der Waals surface area contributed by atoms with Gasteiger partial charge in [0.25, 0.3) is 5.91 Å². The fourth-order valence-electron chi connectivity index (χ4n) is 3.15. The third-order valence-corrected chi connectivity index (χ3v) is 4.91. The molecule has 0 fully saturated rings. The van der Waals surface area contributed by atoms with Crippen LogP contribution in [0.1, 0.15) is 22.8 Å². The third kappa shape index (κ3) is 5.45. The third-order valence-electron chi connectivity index (χ3n) is 4.91. The molecule has 2 N–H and O–H groups in total. The number of aryl methyl sites for hydroxylation is 1. The number of hydrogen-bond donors (Lipinski definition) is 2. The SMILES string of the molecule is CCc1ccc(NC(=O)Cn2nnc(-c3ccccc3NC(=O)c3ccc(F)cc3)n2)cc1. The summed E-state index contributed by atoms with van der Waals surface area (Å²) in [4.78, 5) is 26.1. The molecule has 0 radical (unpaired) electrons. The van der Waals surface area contributed by atoms with E-state index < -0.39 is 11.7 Å². The van der Waals surface area contributed by atoms with E-state index in [9.17, 15) is 14.0 Å². The summed E-state index contributed by atoms with van der Waals surface area (Å²) >= 11 is 0. The van der Waals surface area contributed by atoms with E-state index in [-0.39, 0.29) is 18.3 Å². The maximum Gasteiger partial charge on any atom is 0.255 e. The quantitative estimate of drug-likeness (QED) is 0.450. The molecule has 8 nitrogen and oxygen atoms in total. The molecule has 0 unspecified atom stereocenters. The second-order valence-corrected chi connectivity index (χ2v) is 7.25. The molecule has 0 aliphatic heterocycles. The number of carbonyl (C=O) groups excluding carboxylic acids is 2. The number of hydrogen-bond acceptors (Lipinski definition) is 5. The Labute approximate surface area is 189 Å². The van der Waals surface area contributed by atoms with E-state index in [0.717, 1.165) is 6.42 Å². The van der Waals surface area contributed by atoms with Crippen molar-refractivity contribution in [2.45, 2.75) is 19.9 Å². The van der Waals surface area contributed by atoms with Crippen LogP contribution in [0.4, 0.5) is 15.8 Å². The molecule has 0 saturated heterocycles. The number of anilines is 2. The largest absolute Gasteiger partial charge is 0.324 e. The van der Waals surface area contributed by atoms with Gasteiger partial charge in [0.15, 0.2) is 0 Å². The zero-order valence-corrected chi connectivity index (χ0v) is 17.8. The van der Waals surface area contributed by atoms with Crippen molar-refractivity contribution in [2.24, 2.45) is 0 Å². The van der Waals surface area contributed by atoms with Crippen LogP contribution in [0.2, 0.25) is 0 Å². The normalized spacial score (nSPS) is 10.6. The van der Waals surface area contributed by atoms with Crippen LogP contribution < -0.4 is 10.6 Å². The smallest absolute Gasteiger partial charge is 0.255 e. The van der Waals surface area contributed by atoms with E-state index in [4.69, 9.17) is 0 Å². The van der Waals surface area contributed by atoms with E-state index >= 15 is 0 Å². The molecule has 33 heavy (non-hydrogen) atoms.